The van der Waals surface area contributed by atoms with Gasteiger partial charge in [0.2, 0.25) is 6.79 Å². The van der Waals surface area contributed by atoms with E-state index in [0.717, 1.165) is 38.5 Å². The molecule has 3 aromatic rings. The van der Waals surface area contributed by atoms with Crippen LogP contribution in [0, 0.1) is 0 Å². The Kier molecular flexibility index (Phi) is 3.05. The van der Waals surface area contributed by atoms with Gasteiger partial charge in [0.15, 0.2) is 11.5 Å². The Morgan fingerprint density at radius 2 is 2.00 bits per heavy atom. The average molecular weight is 366 g/mol. The number of benzene rings is 2. The summed E-state index contributed by atoms with van der Waals surface area (Å²) in [5.41, 5.74) is 2.86. The van der Waals surface area contributed by atoms with Gasteiger partial charge in [0, 0.05) is 10.5 Å². The maximum absolute atomic E-state index is 6.06. The number of imidazole rings is 1. The summed E-state index contributed by atoms with van der Waals surface area (Å²) in [6.07, 6.45) is 0. The molecule has 0 spiro atoms. The minimum absolute atomic E-state index is 0.261. The highest BCUT2D eigenvalue weighted by atomic mass is 79.9. The number of rotatable bonds is 2. The van der Waals surface area contributed by atoms with Crippen molar-refractivity contribution < 1.29 is 9.47 Å². The van der Waals surface area contributed by atoms with E-state index in [2.05, 4.69) is 20.9 Å². The predicted molar refractivity (Wildman–Crippen MR) is 84.5 cm³/mol. The Balaban J connectivity index is 1.98. The third-order valence-electron chi connectivity index (χ3n) is 3.42. The molecule has 1 aliphatic rings. The Morgan fingerprint density at radius 3 is 2.86 bits per heavy atom. The van der Waals surface area contributed by atoms with Crippen molar-refractivity contribution in [3.8, 4) is 17.2 Å². The molecular weight excluding hydrogens is 356 g/mol. The van der Waals surface area contributed by atoms with E-state index in [1.807, 2.05) is 41.0 Å². The molecule has 4 rings (SSSR count). The number of ether oxygens (including phenoxy) is 2. The number of nitrogens with zero attached hydrogens (tertiary/aromatic N) is 2. The fourth-order valence-electron chi connectivity index (χ4n) is 2.50. The van der Waals surface area contributed by atoms with Crippen LogP contribution in [0.2, 0.25) is 0 Å². The Labute approximate surface area is 134 Å². The summed E-state index contributed by atoms with van der Waals surface area (Å²) in [5.74, 6) is 2.63. The largest absolute Gasteiger partial charge is 0.454 e. The zero-order valence-electron chi connectivity index (χ0n) is 10.8. The van der Waals surface area contributed by atoms with Gasteiger partial charge in [0.25, 0.3) is 0 Å². The Bertz CT molecular complexity index is 847. The number of hydrogen-bond acceptors (Lipinski definition) is 3. The van der Waals surface area contributed by atoms with Crippen LogP contribution in [0.15, 0.2) is 40.9 Å². The highest BCUT2D eigenvalue weighted by molar-refractivity contribution is 9.10. The van der Waals surface area contributed by atoms with Gasteiger partial charge in [-0.1, -0.05) is 15.9 Å². The van der Waals surface area contributed by atoms with Crippen LogP contribution in [-0.2, 0) is 5.88 Å². The molecule has 0 radical (unpaired) electrons. The molecule has 0 N–H and O–H groups in total. The molecule has 0 unspecified atom stereocenters. The molecule has 1 aromatic heterocycles. The van der Waals surface area contributed by atoms with Gasteiger partial charge in [0.1, 0.15) is 5.82 Å². The standard InChI is InChI=1S/C15H10BrClN2O2/c16-9-1-3-11-12(5-9)19(15(7-17)18-11)10-2-4-13-14(6-10)21-8-20-13/h1-6H,7-8H2. The first-order valence-corrected chi connectivity index (χ1v) is 7.72. The molecule has 4 nitrogen and oxygen atoms in total. The van der Waals surface area contributed by atoms with Crippen LogP contribution < -0.4 is 9.47 Å². The summed E-state index contributed by atoms with van der Waals surface area (Å²) in [6, 6.07) is 11.8. The molecule has 0 aliphatic carbocycles. The summed E-state index contributed by atoms with van der Waals surface area (Å²) in [5, 5.41) is 0. The second kappa shape index (κ2) is 4.93. The average Bonchev–Trinajstić information content (AvgIpc) is 3.09. The zero-order valence-corrected chi connectivity index (χ0v) is 13.2. The first kappa shape index (κ1) is 13.0. The van der Waals surface area contributed by atoms with Gasteiger partial charge in [-0.25, -0.2) is 4.98 Å². The second-order valence-electron chi connectivity index (χ2n) is 4.67. The topological polar surface area (TPSA) is 36.3 Å². The van der Waals surface area contributed by atoms with E-state index in [1.54, 1.807) is 0 Å². The molecule has 2 heterocycles. The van der Waals surface area contributed by atoms with E-state index in [1.165, 1.54) is 0 Å². The summed E-state index contributed by atoms with van der Waals surface area (Å²) >= 11 is 9.56. The maximum atomic E-state index is 6.06. The molecular formula is C15H10BrClN2O2. The van der Waals surface area contributed by atoms with E-state index in [-0.39, 0.29) is 6.79 Å². The van der Waals surface area contributed by atoms with Crippen molar-refractivity contribution in [2.24, 2.45) is 0 Å². The van der Waals surface area contributed by atoms with Gasteiger partial charge in [-0.05, 0) is 30.3 Å². The lowest BCUT2D eigenvalue weighted by atomic mass is 10.2. The van der Waals surface area contributed by atoms with Gasteiger partial charge in [0.05, 0.1) is 22.6 Å². The lowest BCUT2D eigenvalue weighted by Gasteiger charge is -2.09. The van der Waals surface area contributed by atoms with Crippen LogP contribution in [0.3, 0.4) is 0 Å². The van der Waals surface area contributed by atoms with Crippen molar-refractivity contribution in [1.29, 1.82) is 0 Å². The third kappa shape index (κ3) is 2.08. The van der Waals surface area contributed by atoms with Crippen molar-refractivity contribution in [3.63, 3.8) is 0 Å². The summed E-state index contributed by atoms with van der Waals surface area (Å²) in [4.78, 5) is 4.58. The molecule has 0 fully saturated rings. The molecule has 0 saturated carbocycles. The number of aromatic nitrogens is 2. The first-order chi connectivity index (χ1) is 10.3. The fourth-order valence-corrected chi connectivity index (χ4v) is 3.03. The Morgan fingerprint density at radius 1 is 1.14 bits per heavy atom. The normalized spacial score (nSPS) is 13.0. The second-order valence-corrected chi connectivity index (χ2v) is 5.85. The van der Waals surface area contributed by atoms with E-state index in [9.17, 15) is 0 Å². The van der Waals surface area contributed by atoms with E-state index >= 15 is 0 Å². The third-order valence-corrected chi connectivity index (χ3v) is 4.15. The minimum Gasteiger partial charge on any atom is -0.454 e. The SMILES string of the molecule is ClCc1nc2ccc(Br)cc2n1-c1ccc2c(c1)OCO2. The molecule has 0 saturated heterocycles. The highest BCUT2D eigenvalue weighted by Crippen LogP contribution is 2.35. The highest BCUT2D eigenvalue weighted by Gasteiger charge is 2.17. The fraction of sp³-hybridized carbons (Fsp3) is 0.133. The lowest BCUT2D eigenvalue weighted by molar-refractivity contribution is 0.174. The van der Waals surface area contributed by atoms with Crippen LogP contribution in [0.5, 0.6) is 11.5 Å². The number of hydrogen-bond donors (Lipinski definition) is 0. The molecule has 106 valence electrons. The van der Waals surface area contributed by atoms with Crippen LogP contribution in [0.4, 0.5) is 0 Å². The maximum Gasteiger partial charge on any atom is 0.231 e. The van der Waals surface area contributed by atoms with E-state index in [0.29, 0.717) is 5.88 Å². The van der Waals surface area contributed by atoms with Crippen LogP contribution >= 0.6 is 27.5 Å². The quantitative estimate of drug-likeness (QED) is 0.637. The summed E-state index contributed by atoms with van der Waals surface area (Å²) in [6.45, 7) is 0.261. The van der Waals surface area contributed by atoms with Crippen LogP contribution in [0.25, 0.3) is 16.7 Å². The van der Waals surface area contributed by atoms with Gasteiger partial charge in [-0.15, -0.1) is 11.6 Å². The lowest BCUT2D eigenvalue weighted by Crippen LogP contribution is -1.99. The number of halogens is 2. The molecule has 1 aliphatic heterocycles. The molecule has 6 heteroatoms. The smallest absolute Gasteiger partial charge is 0.231 e. The Hall–Kier alpha value is -1.72. The number of fused-ring (bicyclic) bond motifs is 2. The molecule has 0 bridgehead atoms. The van der Waals surface area contributed by atoms with Gasteiger partial charge in [-0.3, -0.25) is 4.57 Å². The summed E-state index contributed by atoms with van der Waals surface area (Å²) < 4.78 is 13.8. The number of alkyl halides is 1. The van der Waals surface area contributed by atoms with Gasteiger partial charge in [-0.2, -0.15) is 0 Å². The van der Waals surface area contributed by atoms with Crippen molar-refractivity contribution >= 4 is 38.6 Å². The first-order valence-electron chi connectivity index (χ1n) is 6.39. The van der Waals surface area contributed by atoms with E-state index < -0.39 is 0 Å². The van der Waals surface area contributed by atoms with Crippen molar-refractivity contribution in [1.82, 2.24) is 9.55 Å². The van der Waals surface area contributed by atoms with Crippen molar-refractivity contribution in [2.45, 2.75) is 5.88 Å². The predicted octanol–water partition coefficient (Wildman–Crippen LogP) is 4.26. The van der Waals surface area contributed by atoms with Crippen LogP contribution in [-0.4, -0.2) is 16.3 Å². The van der Waals surface area contributed by atoms with Crippen molar-refractivity contribution in [3.05, 3.63) is 46.7 Å². The molecule has 21 heavy (non-hydrogen) atoms. The van der Waals surface area contributed by atoms with E-state index in [4.69, 9.17) is 21.1 Å². The monoisotopic (exact) mass is 364 g/mol. The van der Waals surface area contributed by atoms with Crippen molar-refractivity contribution in [2.75, 3.05) is 6.79 Å². The molecule has 0 atom stereocenters. The summed E-state index contributed by atoms with van der Waals surface area (Å²) in [7, 11) is 0. The molecule has 2 aromatic carbocycles. The van der Waals surface area contributed by atoms with Gasteiger partial charge >= 0.3 is 0 Å². The minimum atomic E-state index is 0.261. The van der Waals surface area contributed by atoms with Gasteiger partial charge < -0.3 is 9.47 Å². The van der Waals surface area contributed by atoms with Crippen LogP contribution in [0.1, 0.15) is 5.82 Å². The molecule has 0 amide bonds. The zero-order chi connectivity index (χ0) is 14.4.